The number of carbonyl (C=O) groups is 1. The van der Waals surface area contributed by atoms with Gasteiger partial charge in [-0.15, -0.1) is 11.3 Å². The maximum Gasteiger partial charge on any atom is 0.255 e. The number of carbonyl (C=O) groups excluding carboxylic acids is 1. The van der Waals surface area contributed by atoms with E-state index in [0.717, 1.165) is 34.3 Å². The van der Waals surface area contributed by atoms with Gasteiger partial charge in [-0.05, 0) is 36.4 Å². The molecule has 0 spiro atoms. The molecule has 5 rings (SSSR count). The van der Waals surface area contributed by atoms with Crippen LogP contribution in [0.1, 0.15) is 23.2 Å². The normalized spacial score (nSPS) is 14.0. The van der Waals surface area contributed by atoms with Gasteiger partial charge in [0.05, 0.1) is 23.1 Å². The second-order valence-corrected chi connectivity index (χ2v) is 7.65. The van der Waals surface area contributed by atoms with Crippen LogP contribution >= 0.6 is 11.3 Å². The van der Waals surface area contributed by atoms with Crippen molar-refractivity contribution >= 4 is 38.2 Å². The fourth-order valence-corrected chi connectivity index (χ4v) is 4.23. The molecule has 0 radical (unpaired) electrons. The monoisotopic (exact) mass is 363 g/mol. The first-order valence-electron chi connectivity index (χ1n) is 8.59. The molecule has 4 aromatic rings. The van der Waals surface area contributed by atoms with E-state index >= 15 is 0 Å². The predicted octanol–water partition coefficient (Wildman–Crippen LogP) is 4.35. The first-order chi connectivity index (χ1) is 12.7. The fourth-order valence-electron chi connectivity index (χ4n) is 3.17. The molecular weight excluding hydrogens is 346 g/mol. The van der Waals surface area contributed by atoms with E-state index < -0.39 is 0 Å². The molecule has 0 aliphatic heterocycles. The minimum absolute atomic E-state index is 0.0882. The lowest BCUT2D eigenvalue weighted by Crippen LogP contribution is -2.25. The summed E-state index contributed by atoms with van der Waals surface area (Å²) in [6.45, 7) is 0. The summed E-state index contributed by atoms with van der Waals surface area (Å²) in [5, 5.41) is 12.7. The van der Waals surface area contributed by atoms with Gasteiger partial charge in [0.25, 0.3) is 5.91 Å². The van der Waals surface area contributed by atoms with Crippen molar-refractivity contribution in [3.63, 3.8) is 0 Å². The van der Waals surface area contributed by atoms with Crippen LogP contribution in [0, 0.1) is 0 Å². The van der Waals surface area contributed by atoms with E-state index in [4.69, 9.17) is 4.74 Å². The number of hydrogen-bond donors (Lipinski definition) is 2. The molecule has 0 saturated heterocycles. The molecule has 0 unspecified atom stereocenters. The van der Waals surface area contributed by atoms with Crippen LogP contribution in [0.25, 0.3) is 31.6 Å². The smallest absolute Gasteiger partial charge is 0.255 e. The van der Waals surface area contributed by atoms with Crippen molar-refractivity contribution in [2.75, 3.05) is 7.11 Å². The maximum absolute atomic E-state index is 12.6. The van der Waals surface area contributed by atoms with Crippen molar-refractivity contribution < 1.29 is 9.53 Å². The Labute approximate surface area is 154 Å². The topological polar surface area (TPSA) is 67.0 Å². The molecule has 1 aliphatic carbocycles. The third-order valence-corrected chi connectivity index (χ3v) is 5.82. The van der Waals surface area contributed by atoms with Gasteiger partial charge in [0.15, 0.2) is 0 Å². The molecule has 0 atom stereocenters. The van der Waals surface area contributed by atoms with Gasteiger partial charge in [0.2, 0.25) is 0 Å². The van der Waals surface area contributed by atoms with E-state index in [1.807, 2.05) is 24.3 Å². The SMILES string of the molecule is COc1cc2[nH]nc(-c3cc4ccccc4s3)c2cc1C(=O)NC1CC1. The van der Waals surface area contributed by atoms with Crippen LogP contribution in [0.3, 0.4) is 0 Å². The zero-order valence-electron chi connectivity index (χ0n) is 14.2. The summed E-state index contributed by atoms with van der Waals surface area (Å²) in [6.07, 6.45) is 2.10. The highest BCUT2D eigenvalue weighted by molar-refractivity contribution is 7.22. The molecule has 2 N–H and O–H groups in total. The lowest BCUT2D eigenvalue weighted by molar-refractivity contribution is 0.0948. The first kappa shape index (κ1) is 15.4. The number of methoxy groups -OCH3 is 1. The lowest BCUT2D eigenvalue weighted by Gasteiger charge is -2.09. The van der Waals surface area contributed by atoms with E-state index in [9.17, 15) is 4.79 Å². The van der Waals surface area contributed by atoms with Crippen LogP contribution in [0.5, 0.6) is 5.75 Å². The number of hydrogen-bond acceptors (Lipinski definition) is 4. The van der Waals surface area contributed by atoms with Crippen molar-refractivity contribution in [1.82, 2.24) is 15.5 Å². The number of nitrogens with one attached hydrogen (secondary N) is 2. The van der Waals surface area contributed by atoms with Gasteiger partial charge in [-0.3, -0.25) is 9.89 Å². The third-order valence-electron chi connectivity index (χ3n) is 4.70. The number of H-pyrrole nitrogens is 1. The average molecular weight is 363 g/mol. The number of fused-ring (bicyclic) bond motifs is 2. The summed E-state index contributed by atoms with van der Waals surface area (Å²) in [5.41, 5.74) is 2.28. The number of nitrogens with zero attached hydrogens (tertiary/aromatic N) is 1. The number of aromatic amines is 1. The van der Waals surface area contributed by atoms with E-state index in [0.29, 0.717) is 17.4 Å². The number of aromatic nitrogens is 2. The zero-order chi connectivity index (χ0) is 17.7. The Morgan fingerprint density at radius 2 is 2.12 bits per heavy atom. The van der Waals surface area contributed by atoms with Crippen molar-refractivity contribution in [3.05, 3.63) is 48.0 Å². The molecule has 1 amide bonds. The van der Waals surface area contributed by atoms with Gasteiger partial charge in [-0.1, -0.05) is 18.2 Å². The summed E-state index contributed by atoms with van der Waals surface area (Å²) in [4.78, 5) is 13.7. The predicted molar refractivity (Wildman–Crippen MR) is 104 cm³/mol. The average Bonchev–Trinajstić information content (AvgIpc) is 3.21. The minimum atomic E-state index is -0.0882. The quantitative estimate of drug-likeness (QED) is 0.567. The van der Waals surface area contributed by atoms with Crippen LogP contribution in [0.2, 0.25) is 0 Å². The molecule has 6 heteroatoms. The molecule has 5 nitrogen and oxygen atoms in total. The summed E-state index contributed by atoms with van der Waals surface area (Å²) in [6, 6.07) is 14.5. The van der Waals surface area contributed by atoms with Crippen molar-refractivity contribution in [1.29, 1.82) is 0 Å². The summed E-state index contributed by atoms with van der Waals surface area (Å²) in [7, 11) is 1.58. The van der Waals surface area contributed by atoms with Crippen molar-refractivity contribution in [2.45, 2.75) is 18.9 Å². The zero-order valence-corrected chi connectivity index (χ0v) is 15.0. The molecule has 1 aliphatic rings. The number of thiophene rings is 1. The summed E-state index contributed by atoms with van der Waals surface area (Å²) < 4.78 is 6.65. The molecule has 1 fully saturated rings. The molecule has 2 aromatic heterocycles. The first-order valence-corrected chi connectivity index (χ1v) is 9.40. The van der Waals surface area contributed by atoms with Gasteiger partial charge < -0.3 is 10.1 Å². The van der Waals surface area contributed by atoms with Crippen molar-refractivity contribution in [3.8, 4) is 16.3 Å². The second-order valence-electron chi connectivity index (χ2n) is 6.57. The lowest BCUT2D eigenvalue weighted by atomic mass is 10.1. The molecule has 26 heavy (non-hydrogen) atoms. The molecule has 2 aromatic carbocycles. The van der Waals surface area contributed by atoms with Crippen LogP contribution in [0.15, 0.2) is 42.5 Å². The number of benzene rings is 2. The van der Waals surface area contributed by atoms with Gasteiger partial charge in [-0.2, -0.15) is 5.10 Å². The molecule has 0 bridgehead atoms. The Balaban J connectivity index is 1.65. The van der Waals surface area contributed by atoms with Gasteiger partial charge in [0.1, 0.15) is 11.4 Å². The Hall–Kier alpha value is -2.86. The fraction of sp³-hybridized carbons (Fsp3) is 0.200. The van der Waals surface area contributed by atoms with Crippen LogP contribution in [0.4, 0.5) is 0 Å². The number of rotatable bonds is 4. The number of amides is 1. The number of ether oxygens (including phenoxy) is 1. The van der Waals surface area contributed by atoms with E-state index in [1.54, 1.807) is 18.4 Å². The highest BCUT2D eigenvalue weighted by Gasteiger charge is 2.26. The standard InChI is InChI=1S/C20H17N3O2S/c1-25-16-10-15-13(9-14(16)20(24)21-12-6-7-12)19(23-22-15)18-8-11-4-2-3-5-17(11)26-18/h2-5,8-10,12H,6-7H2,1H3,(H,21,24)(H,22,23). The maximum atomic E-state index is 12.6. The third kappa shape index (κ3) is 2.54. The molecular formula is C20H17N3O2S. The van der Waals surface area contributed by atoms with Crippen LogP contribution in [-0.4, -0.2) is 29.3 Å². The highest BCUT2D eigenvalue weighted by Crippen LogP contribution is 2.37. The van der Waals surface area contributed by atoms with Gasteiger partial charge in [0, 0.05) is 22.2 Å². The van der Waals surface area contributed by atoms with E-state index in [1.165, 1.54) is 10.1 Å². The Kier molecular flexibility index (Phi) is 3.46. The van der Waals surface area contributed by atoms with E-state index in [-0.39, 0.29) is 5.91 Å². The highest BCUT2D eigenvalue weighted by atomic mass is 32.1. The largest absolute Gasteiger partial charge is 0.496 e. The summed E-state index contributed by atoms with van der Waals surface area (Å²) >= 11 is 1.70. The Morgan fingerprint density at radius 1 is 1.27 bits per heavy atom. The molecule has 2 heterocycles. The molecule has 1 saturated carbocycles. The van der Waals surface area contributed by atoms with Crippen LogP contribution < -0.4 is 10.1 Å². The summed E-state index contributed by atoms with van der Waals surface area (Å²) in [5.74, 6) is 0.469. The van der Waals surface area contributed by atoms with Gasteiger partial charge >= 0.3 is 0 Å². The Bertz CT molecular complexity index is 1110. The van der Waals surface area contributed by atoms with Crippen LogP contribution in [-0.2, 0) is 0 Å². The minimum Gasteiger partial charge on any atom is -0.496 e. The molecule has 130 valence electrons. The Morgan fingerprint density at radius 3 is 2.88 bits per heavy atom. The van der Waals surface area contributed by atoms with Gasteiger partial charge in [-0.25, -0.2) is 0 Å². The van der Waals surface area contributed by atoms with Crippen molar-refractivity contribution in [2.24, 2.45) is 0 Å². The second kappa shape index (κ2) is 5.85. The van der Waals surface area contributed by atoms with E-state index in [2.05, 4.69) is 33.7 Å².